The number of hydrogen-bond donors (Lipinski definition) is 2. The van der Waals surface area contributed by atoms with Crippen LogP contribution < -0.4 is 10.6 Å². The third kappa shape index (κ3) is 4.64. The maximum absolute atomic E-state index is 13.3. The zero-order chi connectivity index (χ0) is 26.0. The second-order valence-corrected chi connectivity index (χ2v) is 9.06. The van der Waals surface area contributed by atoms with Gasteiger partial charge in [0.05, 0.1) is 29.1 Å². The van der Waals surface area contributed by atoms with Crippen LogP contribution in [0.4, 0.5) is 10.5 Å². The van der Waals surface area contributed by atoms with Crippen molar-refractivity contribution in [1.82, 2.24) is 15.5 Å². The number of nitro groups is 1. The van der Waals surface area contributed by atoms with Crippen LogP contribution >= 0.6 is 0 Å². The van der Waals surface area contributed by atoms with Gasteiger partial charge in [0, 0.05) is 6.07 Å². The number of imide groups is 1. The molecule has 1 spiro atoms. The van der Waals surface area contributed by atoms with Crippen LogP contribution in [0.2, 0.25) is 0 Å². The smallest absolute Gasteiger partial charge is 0.325 e. The van der Waals surface area contributed by atoms with Crippen molar-refractivity contribution in [2.75, 3.05) is 6.54 Å². The van der Waals surface area contributed by atoms with Crippen molar-refractivity contribution in [3.05, 3.63) is 75.3 Å². The minimum atomic E-state index is -1.22. The van der Waals surface area contributed by atoms with E-state index in [1.807, 2.05) is 12.1 Å². The lowest BCUT2D eigenvalue weighted by Crippen LogP contribution is -2.44. The SMILES string of the molecule is CC(C)OC(=O)CC(NC(=O)CN1C(=O)NC2(CCc3ccccc32)C1=O)c1ccccc1[N+](=O)[O-]. The van der Waals surface area contributed by atoms with E-state index >= 15 is 0 Å². The van der Waals surface area contributed by atoms with Crippen LogP contribution in [0.25, 0.3) is 0 Å². The Kier molecular flexibility index (Phi) is 6.73. The summed E-state index contributed by atoms with van der Waals surface area (Å²) >= 11 is 0. The van der Waals surface area contributed by atoms with Crippen molar-refractivity contribution < 1.29 is 28.8 Å². The highest BCUT2D eigenvalue weighted by molar-refractivity contribution is 6.10. The van der Waals surface area contributed by atoms with E-state index in [2.05, 4.69) is 10.6 Å². The molecule has 188 valence electrons. The van der Waals surface area contributed by atoms with E-state index in [1.165, 1.54) is 18.2 Å². The molecule has 0 saturated carbocycles. The van der Waals surface area contributed by atoms with Gasteiger partial charge >= 0.3 is 12.0 Å². The average Bonchev–Trinajstić information content (AvgIpc) is 3.31. The number of carbonyl (C=O) groups excluding carboxylic acids is 4. The Balaban J connectivity index is 1.54. The highest BCUT2D eigenvalue weighted by atomic mass is 16.6. The van der Waals surface area contributed by atoms with Gasteiger partial charge in [-0.3, -0.25) is 29.4 Å². The van der Waals surface area contributed by atoms with Crippen LogP contribution in [-0.2, 0) is 31.1 Å². The number of nitro benzene ring substituents is 1. The van der Waals surface area contributed by atoms with Gasteiger partial charge < -0.3 is 15.4 Å². The van der Waals surface area contributed by atoms with Crippen molar-refractivity contribution in [2.24, 2.45) is 0 Å². The predicted molar refractivity (Wildman–Crippen MR) is 127 cm³/mol. The third-order valence-electron chi connectivity index (χ3n) is 6.31. The van der Waals surface area contributed by atoms with E-state index < -0.39 is 53.0 Å². The van der Waals surface area contributed by atoms with Crippen LogP contribution in [0.1, 0.15) is 49.4 Å². The number of rotatable bonds is 8. The summed E-state index contributed by atoms with van der Waals surface area (Å²) in [7, 11) is 0. The molecule has 2 aliphatic rings. The van der Waals surface area contributed by atoms with E-state index in [0.717, 1.165) is 10.5 Å². The monoisotopic (exact) mass is 494 g/mol. The number of nitrogens with zero attached hydrogens (tertiary/aromatic N) is 2. The molecule has 2 N–H and O–H groups in total. The fraction of sp³-hybridized carbons (Fsp3) is 0.360. The second kappa shape index (κ2) is 9.76. The largest absolute Gasteiger partial charge is 0.463 e. The molecule has 11 nitrogen and oxygen atoms in total. The Labute approximate surface area is 206 Å². The maximum atomic E-state index is 13.3. The molecule has 2 aromatic carbocycles. The van der Waals surface area contributed by atoms with Gasteiger partial charge in [-0.15, -0.1) is 0 Å². The van der Waals surface area contributed by atoms with Gasteiger partial charge in [-0.25, -0.2) is 4.79 Å². The normalized spacial score (nSPS) is 19.2. The summed E-state index contributed by atoms with van der Waals surface area (Å²) in [4.78, 5) is 63.2. The topological polar surface area (TPSA) is 148 Å². The van der Waals surface area contributed by atoms with E-state index in [0.29, 0.717) is 18.4 Å². The van der Waals surface area contributed by atoms with Crippen molar-refractivity contribution in [2.45, 2.75) is 50.8 Å². The van der Waals surface area contributed by atoms with Crippen molar-refractivity contribution >= 4 is 29.5 Å². The molecule has 1 saturated heterocycles. The zero-order valence-corrected chi connectivity index (χ0v) is 19.9. The van der Waals surface area contributed by atoms with Gasteiger partial charge in [-0.05, 0) is 37.8 Å². The zero-order valence-electron chi connectivity index (χ0n) is 19.9. The molecule has 1 fully saturated rings. The third-order valence-corrected chi connectivity index (χ3v) is 6.31. The number of fused-ring (bicyclic) bond motifs is 2. The summed E-state index contributed by atoms with van der Waals surface area (Å²) in [6.07, 6.45) is 0.206. The minimum absolute atomic E-state index is 0.106. The number of esters is 1. The first-order valence-corrected chi connectivity index (χ1v) is 11.6. The van der Waals surface area contributed by atoms with Crippen LogP contribution in [0.5, 0.6) is 0 Å². The number of benzene rings is 2. The molecule has 2 unspecified atom stereocenters. The van der Waals surface area contributed by atoms with Crippen LogP contribution in [-0.4, -0.2) is 46.3 Å². The molecule has 0 bridgehead atoms. The standard InChI is InChI=1S/C25H26N4O7/c1-15(2)36-22(31)13-19(17-8-4-6-10-20(17)29(34)35)26-21(30)14-28-23(32)25(27-24(28)33)12-11-16-7-3-5-9-18(16)25/h3-10,15,19H,11-14H2,1-2H3,(H,26,30)(H,27,33). The molecule has 2 aromatic rings. The average molecular weight is 495 g/mol. The van der Waals surface area contributed by atoms with Gasteiger partial charge in [0.25, 0.3) is 11.6 Å². The molecule has 11 heteroatoms. The lowest BCUT2D eigenvalue weighted by Gasteiger charge is -2.23. The lowest BCUT2D eigenvalue weighted by molar-refractivity contribution is -0.385. The quantitative estimate of drug-likeness (QED) is 0.248. The lowest BCUT2D eigenvalue weighted by atomic mass is 9.92. The van der Waals surface area contributed by atoms with Gasteiger partial charge in [-0.1, -0.05) is 42.5 Å². The number of amides is 4. The molecule has 36 heavy (non-hydrogen) atoms. The van der Waals surface area contributed by atoms with E-state index in [-0.39, 0.29) is 17.7 Å². The van der Waals surface area contributed by atoms with Crippen LogP contribution in [0, 0.1) is 10.1 Å². The summed E-state index contributed by atoms with van der Waals surface area (Å²) in [5.74, 6) is -1.94. The van der Waals surface area contributed by atoms with E-state index in [4.69, 9.17) is 4.74 Å². The Hall–Kier alpha value is -4.28. The molecule has 4 rings (SSSR count). The molecule has 2 atom stereocenters. The molecule has 4 amide bonds. The maximum Gasteiger partial charge on any atom is 0.325 e. The van der Waals surface area contributed by atoms with Crippen LogP contribution in [0.3, 0.4) is 0 Å². The molecule has 0 radical (unpaired) electrons. The van der Waals surface area contributed by atoms with E-state index in [9.17, 15) is 29.3 Å². The number of aryl methyl sites for hydroxylation is 1. The van der Waals surface area contributed by atoms with Gasteiger partial charge in [0.1, 0.15) is 12.1 Å². The summed E-state index contributed by atoms with van der Waals surface area (Å²) < 4.78 is 5.16. The summed E-state index contributed by atoms with van der Waals surface area (Å²) in [6.45, 7) is 2.71. The van der Waals surface area contributed by atoms with Gasteiger partial charge in [-0.2, -0.15) is 0 Å². The van der Waals surface area contributed by atoms with Gasteiger partial charge in [0.2, 0.25) is 5.91 Å². The first-order valence-electron chi connectivity index (χ1n) is 11.6. The first-order chi connectivity index (χ1) is 17.1. The van der Waals surface area contributed by atoms with Crippen molar-refractivity contribution in [3.8, 4) is 0 Å². The number of urea groups is 1. The summed E-state index contributed by atoms with van der Waals surface area (Å²) in [5, 5.41) is 16.9. The first kappa shape index (κ1) is 24.8. The molecular weight excluding hydrogens is 468 g/mol. The number of ether oxygens (including phenoxy) is 1. The fourth-order valence-corrected chi connectivity index (χ4v) is 4.78. The second-order valence-electron chi connectivity index (χ2n) is 9.06. The summed E-state index contributed by atoms with van der Waals surface area (Å²) in [5.41, 5.74) is 0.275. The van der Waals surface area contributed by atoms with Crippen molar-refractivity contribution in [1.29, 1.82) is 0 Å². The number of nitrogens with one attached hydrogen (secondary N) is 2. The molecule has 1 aliphatic carbocycles. The Morgan fingerprint density at radius 3 is 2.58 bits per heavy atom. The predicted octanol–water partition coefficient (Wildman–Crippen LogP) is 2.49. The van der Waals surface area contributed by atoms with E-state index in [1.54, 1.807) is 32.0 Å². The highest BCUT2D eigenvalue weighted by Gasteiger charge is 2.55. The highest BCUT2D eigenvalue weighted by Crippen LogP contribution is 2.41. The van der Waals surface area contributed by atoms with Crippen LogP contribution in [0.15, 0.2) is 48.5 Å². The van der Waals surface area contributed by atoms with Gasteiger partial charge in [0.15, 0.2) is 0 Å². The fourth-order valence-electron chi connectivity index (χ4n) is 4.78. The number of hydrogen-bond acceptors (Lipinski definition) is 7. The molecule has 1 aliphatic heterocycles. The molecule has 0 aromatic heterocycles. The summed E-state index contributed by atoms with van der Waals surface area (Å²) in [6, 6.07) is 11.2. The molecular formula is C25H26N4O7. The Morgan fingerprint density at radius 1 is 1.17 bits per heavy atom. The molecule has 1 heterocycles. The number of para-hydroxylation sites is 1. The Morgan fingerprint density at radius 2 is 1.86 bits per heavy atom. The van der Waals surface area contributed by atoms with Crippen molar-refractivity contribution in [3.63, 3.8) is 0 Å². The number of carbonyl (C=O) groups is 4. The Bertz CT molecular complexity index is 1240. The minimum Gasteiger partial charge on any atom is -0.463 e.